The second-order valence-corrected chi connectivity index (χ2v) is 7.50. The van der Waals surface area contributed by atoms with E-state index in [1.54, 1.807) is 5.57 Å². The molecule has 0 aromatic rings. The minimum absolute atomic E-state index is 0.905. The summed E-state index contributed by atoms with van der Waals surface area (Å²) < 4.78 is 1.34. The Hall–Kier alpha value is -0.340. The molecule has 0 spiro atoms. The van der Waals surface area contributed by atoms with Crippen LogP contribution in [0, 0.1) is 0 Å². The highest BCUT2D eigenvalue weighted by Gasteiger charge is 2.23. The monoisotopic (exact) mass is 335 g/mol. The van der Waals surface area contributed by atoms with Gasteiger partial charge >= 0.3 is 0 Å². The van der Waals surface area contributed by atoms with Crippen molar-refractivity contribution in [3.05, 3.63) is 33.9 Å². The van der Waals surface area contributed by atoms with Crippen molar-refractivity contribution < 1.29 is 0 Å². The number of hydrogen-bond acceptors (Lipinski definition) is 1. The maximum Gasteiger partial charge on any atom is 0.00953 e. The van der Waals surface area contributed by atoms with Crippen LogP contribution in [0.5, 0.6) is 0 Å². The summed E-state index contributed by atoms with van der Waals surface area (Å²) in [7, 11) is 0. The molecule has 1 heterocycles. The number of likely N-dealkylation sites (tertiary alicyclic amines) is 1. The van der Waals surface area contributed by atoms with Gasteiger partial charge < -0.3 is 4.90 Å². The average Bonchev–Trinajstić information content (AvgIpc) is 2.89. The summed E-state index contributed by atoms with van der Waals surface area (Å²) in [6.45, 7) is 2.62. The molecule has 1 aliphatic heterocycles. The first-order valence-corrected chi connectivity index (χ1v) is 9.09. The molecule has 1 saturated heterocycles. The lowest BCUT2D eigenvalue weighted by molar-refractivity contribution is 0.207. The van der Waals surface area contributed by atoms with Crippen LogP contribution in [0.15, 0.2) is 33.9 Å². The Balaban J connectivity index is 1.59. The van der Waals surface area contributed by atoms with Gasteiger partial charge in [-0.15, -0.1) is 0 Å². The lowest BCUT2D eigenvalue weighted by Gasteiger charge is -2.26. The third-order valence-corrected chi connectivity index (χ3v) is 5.69. The standard InChI is InChI=1S/C18H26BrN/c19-17-9-7-16(8-10-17)14-15-4-3-12-20(13-11-15)18-5-1-2-6-18/h7,9,14,18H,1-6,8,10-13H2. The van der Waals surface area contributed by atoms with Gasteiger partial charge in [-0.2, -0.15) is 0 Å². The molecule has 2 aliphatic carbocycles. The van der Waals surface area contributed by atoms with Gasteiger partial charge in [-0.05, 0) is 61.5 Å². The van der Waals surface area contributed by atoms with Crippen LogP contribution in [0.4, 0.5) is 0 Å². The van der Waals surface area contributed by atoms with E-state index in [9.17, 15) is 0 Å². The fourth-order valence-corrected chi connectivity index (χ4v) is 4.15. The highest BCUT2D eigenvalue weighted by molar-refractivity contribution is 9.11. The van der Waals surface area contributed by atoms with Crippen LogP contribution in [0.1, 0.15) is 57.8 Å². The maximum atomic E-state index is 3.59. The summed E-state index contributed by atoms with van der Waals surface area (Å²) in [5, 5.41) is 0. The Morgan fingerprint density at radius 3 is 2.55 bits per heavy atom. The molecule has 2 fully saturated rings. The van der Waals surface area contributed by atoms with Crippen LogP contribution in [-0.2, 0) is 0 Å². The molecule has 0 radical (unpaired) electrons. The van der Waals surface area contributed by atoms with Gasteiger partial charge in [0.2, 0.25) is 0 Å². The maximum absolute atomic E-state index is 3.59. The molecule has 0 aromatic heterocycles. The zero-order valence-electron chi connectivity index (χ0n) is 12.4. The van der Waals surface area contributed by atoms with Gasteiger partial charge in [-0.1, -0.05) is 52.6 Å². The Bertz CT molecular complexity index is 427. The molecular weight excluding hydrogens is 310 g/mol. The van der Waals surface area contributed by atoms with Crippen LogP contribution in [-0.4, -0.2) is 24.0 Å². The van der Waals surface area contributed by atoms with E-state index in [2.05, 4.69) is 39.1 Å². The number of nitrogens with zero attached hydrogens (tertiary/aromatic N) is 1. The van der Waals surface area contributed by atoms with Crippen molar-refractivity contribution in [2.45, 2.75) is 63.8 Å². The number of allylic oxidation sites excluding steroid dienone is 5. The Morgan fingerprint density at radius 1 is 0.950 bits per heavy atom. The molecule has 3 aliphatic rings. The number of rotatable bonds is 2. The first-order chi connectivity index (χ1) is 9.81. The van der Waals surface area contributed by atoms with Gasteiger partial charge in [0.25, 0.3) is 0 Å². The van der Waals surface area contributed by atoms with Crippen molar-refractivity contribution in [1.82, 2.24) is 4.90 Å². The van der Waals surface area contributed by atoms with Crippen molar-refractivity contribution in [3.63, 3.8) is 0 Å². The van der Waals surface area contributed by atoms with Crippen LogP contribution in [0.2, 0.25) is 0 Å². The largest absolute Gasteiger partial charge is 0.300 e. The van der Waals surface area contributed by atoms with Gasteiger partial charge in [0.15, 0.2) is 0 Å². The van der Waals surface area contributed by atoms with Crippen molar-refractivity contribution in [2.24, 2.45) is 0 Å². The predicted octanol–water partition coefficient (Wildman–Crippen LogP) is 5.34. The predicted molar refractivity (Wildman–Crippen MR) is 90.1 cm³/mol. The van der Waals surface area contributed by atoms with Gasteiger partial charge in [0.05, 0.1) is 0 Å². The molecule has 1 saturated carbocycles. The van der Waals surface area contributed by atoms with Crippen LogP contribution in [0.25, 0.3) is 0 Å². The molecule has 3 rings (SSSR count). The summed E-state index contributed by atoms with van der Waals surface area (Å²) in [4.78, 5) is 2.78. The van der Waals surface area contributed by atoms with Crippen molar-refractivity contribution in [2.75, 3.05) is 13.1 Å². The van der Waals surface area contributed by atoms with Crippen molar-refractivity contribution >= 4 is 15.9 Å². The molecule has 0 N–H and O–H groups in total. The zero-order valence-corrected chi connectivity index (χ0v) is 14.0. The molecule has 110 valence electrons. The van der Waals surface area contributed by atoms with Crippen LogP contribution < -0.4 is 0 Å². The van der Waals surface area contributed by atoms with E-state index in [1.165, 1.54) is 80.9 Å². The zero-order chi connectivity index (χ0) is 13.8. The fraction of sp³-hybridized carbons (Fsp3) is 0.667. The van der Waals surface area contributed by atoms with E-state index in [1.807, 2.05) is 0 Å². The fourth-order valence-electron chi connectivity index (χ4n) is 3.82. The van der Waals surface area contributed by atoms with E-state index >= 15 is 0 Å². The van der Waals surface area contributed by atoms with Crippen LogP contribution >= 0.6 is 15.9 Å². The lowest BCUT2D eigenvalue weighted by atomic mass is 9.99. The third kappa shape index (κ3) is 3.85. The van der Waals surface area contributed by atoms with E-state index in [4.69, 9.17) is 0 Å². The second-order valence-electron chi connectivity index (χ2n) is 6.49. The van der Waals surface area contributed by atoms with Gasteiger partial charge in [-0.25, -0.2) is 0 Å². The molecule has 0 atom stereocenters. The van der Waals surface area contributed by atoms with E-state index in [0.29, 0.717) is 0 Å². The number of halogens is 1. The Morgan fingerprint density at radius 2 is 1.80 bits per heavy atom. The quantitative estimate of drug-likeness (QED) is 0.658. The summed E-state index contributed by atoms with van der Waals surface area (Å²) in [6.07, 6.45) is 19.1. The van der Waals surface area contributed by atoms with Gasteiger partial charge in [0.1, 0.15) is 0 Å². The number of hydrogen-bond donors (Lipinski definition) is 0. The minimum Gasteiger partial charge on any atom is -0.300 e. The minimum atomic E-state index is 0.905. The first kappa shape index (κ1) is 14.6. The molecule has 1 nitrogen and oxygen atoms in total. The molecule has 0 amide bonds. The molecule has 0 bridgehead atoms. The lowest BCUT2D eigenvalue weighted by Crippen LogP contribution is -2.33. The first-order valence-electron chi connectivity index (χ1n) is 8.30. The normalized spacial score (nSPS) is 28.4. The van der Waals surface area contributed by atoms with E-state index in [-0.39, 0.29) is 0 Å². The SMILES string of the molecule is BrC1=CC=C(C=C2CCCN(C3CCCC3)CC2)CC1. The summed E-state index contributed by atoms with van der Waals surface area (Å²) in [5.74, 6) is 0. The summed E-state index contributed by atoms with van der Waals surface area (Å²) >= 11 is 3.59. The summed E-state index contributed by atoms with van der Waals surface area (Å²) in [5.41, 5.74) is 3.21. The highest BCUT2D eigenvalue weighted by Crippen LogP contribution is 2.29. The van der Waals surface area contributed by atoms with Crippen molar-refractivity contribution in [1.29, 1.82) is 0 Å². The van der Waals surface area contributed by atoms with Gasteiger partial charge in [0, 0.05) is 12.6 Å². The molecule has 2 heteroatoms. The smallest absolute Gasteiger partial charge is 0.00953 e. The molecule has 0 unspecified atom stereocenters. The Labute approximate surface area is 131 Å². The Kier molecular flexibility index (Phi) is 5.17. The molecular formula is C18H26BrN. The molecule has 20 heavy (non-hydrogen) atoms. The third-order valence-electron chi connectivity index (χ3n) is 5.02. The van der Waals surface area contributed by atoms with E-state index < -0.39 is 0 Å². The second kappa shape index (κ2) is 7.09. The summed E-state index contributed by atoms with van der Waals surface area (Å²) in [6, 6.07) is 0.905. The topological polar surface area (TPSA) is 3.24 Å². The van der Waals surface area contributed by atoms with Crippen LogP contribution in [0.3, 0.4) is 0 Å². The van der Waals surface area contributed by atoms with Gasteiger partial charge in [-0.3, -0.25) is 0 Å². The van der Waals surface area contributed by atoms with Crippen molar-refractivity contribution in [3.8, 4) is 0 Å². The average molecular weight is 336 g/mol. The highest BCUT2D eigenvalue weighted by atomic mass is 79.9. The van der Waals surface area contributed by atoms with E-state index in [0.717, 1.165) is 6.04 Å². The molecule has 0 aromatic carbocycles.